The molecule has 0 saturated carbocycles. The topological polar surface area (TPSA) is 20.2 Å². The molecule has 0 radical (unpaired) electrons. The molecule has 102 valence electrons. The van der Waals surface area contributed by atoms with Gasteiger partial charge < -0.3 is 5.11 Å². The molecule has 0 bridgehead atoms. The maximum atomic E-state index is 13.6. The van der Waals surface area contributed by atoms with E-state index in [2.05, 4.69) is 0 Å². The SMILES string of the molecule is OC(Cc1csc2ccccc12)c1c(F)cccc1F. The number of halogens is 2. The van der Waals surface area contributed by atoms with Crippen molar-refractivity contribution < 1.29 is 13.9 Å². The zero-order chi connectivity index (χ0) is 14.1. The number of aliphatic hydroxyl groups excluding tert-OH is 1. The van der Waals surface area contributed by atoms with Crippen LogP contribution < -0.4 is 0 Å². The average molecular weight is 290 g/mol. The lowest BCUT2D eigenvalue weighted by Gasteiger charge is -2.12. The van der Waals surface area contributed by atoms with Gasteiger partial charge >= 0.3 is 0 Å². The minimum absolute atomic E-state index is 0.196. The molecule has 1 N–H and O–H groups in total. The maximum Gasteiger partial charge on any atom is 0.131 e. The third-order valence-electron chi connectivity index (χ3n) is 3.31. The maximum absolute atomic E-state index is 13.6. The number of thiophene rings is 1. The van der Waals surface area contributed by atoms with Crippen molar-refractivity contribution in [2.75, 3.05) is 0 Å². The molecule has 0 fully saturated rings. The van der Waals surface area contributed by atoms with Gasteiger partial charge in [-0.1, -0.05) is 24.3 Å². The molecule has 1 nitrogen and oxygen atoms in total. The van der Waals surface area contributed by atoms with E-state index in [1.54, 1.807) is 11.3 Å². The fourth-order valence-electron chi connectivity index (χ4n) is 2.33. The standard InChI is InChI=1S/C16H12F2OS/c17-12-5-3-6-13(18)16(12)14(19)8-10-9-20-15-7-2-1-4-11(10)15/h1-7,9,14,19H,8H2. The third-order valence-corrected chi connectivity index (χ3v) is 4.32. The number of fused-ring (bicyclic) bond motifs is 1. The van der Waals surface area contributed by atoms with Crippen LogP contribution in [-0.4, -0.2) is 5.11 Å². The van der Waals surface area contributed by atoms with Gasteiger partial charge in [0, 0.05) is 11.1 Å². The van der Waals surface area contributed by atoms with Gasteiger partial charge in [0.15, 0.2) is 0 Å². The zero-order valence-electron chi connectivity index (χ0n) is 10.5. The summed E-state index contributed by atoms with van der Waals surface area (Å²) >= 11 is 1.56. The monoisotopic (exact) mass is 290 g/mol. The summed E-state index contributed by atoms with van der Waals surface area (Å²) in [5.74, 6) is -1.42. The quantitative estimate of drug-likeness (QED) is 0.755. The first-order valence-electron chi connectivity index (χ1n) is 6.24. The largest absolute Gasteiger partial charge is 0.388 e. The van der Waals surface area contributed by atoms with E-state index < -0.39 is 17.7 Å². The van der Waals surface area contributed by atoms with Gasteiger partial charge in [0.1, 0.15) is 11.6 Å². The Morgan fingerprint density at radius 3 is 2.45 bits per heavy atom. The van der Waals surface area contributed by atoms with Crippen LogP contribution in [0.15, 0.2) is 47.8 Å². The molecule has 1 atom stereocenters. The van der Waals surface area contributed by atoms with E-state index >= 15 is 0 Å². The van der Waals surface area contributed by atoms with Gasteiger partial charge in [0.05, 0.1) is 11.7 Å². The molecule has 2 aromatic carbocycles. The van der Waals surface area contributed by atoms with E-state index in [9.17, 15) is 13.9 Å². The Hall–Kier alpha value is -1.78. The van der Waals surface area contributed by atoms with Gasteiger partial charge in [-0.2, -0.15) is 0 Å². The second kappa shape index (κ2) is 5.31. The molecule has 0 aliphatic carbocycles. The van der Waals surface area contributed by atoms with E-state index in [4.69, 9.17) is 0 Å². The highest BCUT2D eigenvalue weighted by molar-refractivity contribution is 7.17. The third kappa shape index (κ3) is 2.32. The van der Waals surface area contributed by atoms with Crippen molar-refractivity contribution in [3.05, 3.63) is 70.6 Å². The Morgan fingerprint density at radius 1 is 1.00 bits per heavy atom. The van der Waals surface area contributed by atoms with Gasteiger partial charge in [-0.15, -0.1) is 11.3 Å². The summed E-state index contributed by atoms with van der Waals surface area (Å²) in [5, 5.41) is 13.1. The smallest absolute Gasteiger partial charge is 0.131 e. The average Bonchev–Trinajstić information content (AvgIpc) is 2.82. The van der Waals surface area contributed by atoms with Crippen LogP contribution >= 0.6 is 11.3 Å². The summed E-state index contributed by atoms with van der Waals surface area (Å²) in [4.78, 5) is 0. The summed E-state index contributed by atoms with van der Waals surface area (Å²) in [7, 11) is 0. The van der Waals surface area contributed by atoms with E-state index in [1.807, 2.05) is 29.6 Å². The first-order chi connectivity index (χ1) is 9.66. The lowest BCUT2D eigenvalue weighted by Crippen LogP contribution is -2.06. The Balaban J connectivity index is 1.95. The molecular formula is C16H12F2OS. The van der Waals surface area contributed by atoms with E-state index in [1.165, 1.54) is 6.07 Å². The lowest BCUT2D eigenvalue weighted by molar-refractivity contribution is 0.169. The predicted molar refractivity (Wildman–Crippen MR) is 76.8 cm³/mol. The molecule has 3 rings (SSSR count). The molecule has 4 heteroatoms. The van der Waals surface area contributed by atoms with Crippen molar-refractivity contribution in [3.8, 4) is 0 Å². The van der Waals surface area contributed by atoms with E-state index in [0.29, 0.717) is 0 Å². The van der Waals surface area contributed by atoms with Crippen LogP contribution in [0.5, 0.6) is 0 Å². The number of aliphatic hydroxyl groups is 1. The van der Waals surface area contributed by atoms with Gasteiger partial charge in [-0.3, -0.25) is 0 Å². The fourth-order valence-corrected chi connectivity index (χ4v) is 3.31. The molecule has 20 heavy (non-hydrogen) atoms. The molecular weight excluding hydrogens is 278 g/mol. The highest BCUT2D eigenvalue weighted by Crippen LogP contribution is 2.30. The molecule has 0 aliphatic rings. The molecule has 1 unspecified atom stereocenters. The summed E-state index contributed by atoms with van der Waals surface area (Å²) in [6, 6.07) is 11.4. The number of hydrogen-bond acceptors (Lipinski definition) is 2. The second-order valence-corrected chi connectivity index (χ2v) is 5.52. The lowest BCUT2D eigenvalue weighted by atomic mass is 10.00. The molecule has 3 aromatic rings. The molecule has 0 saturated heterocycles. The predicted octanol–water partition coefficient (Wildman–Crippen LogP) is 4.46. The zero-order valence-corrected chi connectivity index (χ0v) is 11.3. The molecule has 0 amide bonds. The van der Waals surface area contributed by atoms with Gasteiger partial charge in [-0.25, -0.2) is 8.78 Å². The number of hydrogen-bond donors (Lipinski definition) is 1. The van der Waals surface area contributed by atoms with Gasteiger partial charge in [-0.05, 0) is 34.5 Å². The summed E-state index contributed by atoms with van der Waals surface area (Å²) in [5.41, 5.74) is 0.642. The minimum Gasteiger partial charge on any atom is -0.388 e. The highest BCUT2D eigenvalue weighted by atomic mass is 32.1. The van der Waals surface area contributed by atoms with E-state index in [0.717, 1.165) is 27.8 Å². The molecule has 1 aromatic heterocycles. The Bertz CT molecular complexity index is 731. The Labute approximate surface area is 119 Å². The van der Waals surface area contributed by atoms with E-state index in [-0.39, 0.29) is 12.0 Å². The number of benzene rings is 2. The molecule has 0 spiro atoms. The summed E-state index contributed by atoms with van der Waals surface area (Å²) < 4.78 is 28.4. The summed E-state index contributed by atoms with van der Waals surface area (Å²) in [6.45, 7) is 0. The van der Waals surface area contributed by atoms with Gasteiger partial charge in [0.2, 0.25) is 0 Å². The first-order valence-corrected chi connectivity index (χ1v) is 7.12. The van der Waals surface area contributed by atoms with Crippen molar-refractivity contribution in [1.82, 2.24) is 0 Å². The van der Waals surface area contributed by atoms with Crippen molar-refractivity contribution in [2.45, 2.75) is 12.5 Å². The van der Waals surface area contributed by atoms with Crippen LogP contribution in [0.25, 0.3) is 10.1 Å². The summed E-state index contributed by atoms with van der Waals surface area (Å²) in [6.07, 6.45) is -0.990. The van der Waals surface area contributed by atoms with Crippen LogP contribution in [0.1, 0.15) is 17.2 Å². The normalized spacial score (nSPS) is 12.8. The second-order valence-electron chi connectivity index (χ2n) is 4.61. The Morgan fingerprint density at radius 2 is 1.70 bits per heavy atom. The Kier molecular flexibility index (Phi) is 3.51. The van der Waals surface area contributed by atoms with Crippen LogP contribution in [0.2, 0.25) is 0 Å². The number of rotatable bonds is 3. The minimum atomic E-state index is -1.19. The van der Waals surface area contributed by atoms with Crippen LogP contribution in [0, 0.1) is 11.6 Å². The van der Waals surface area contributed by atoms with Crippen molar-refractivity contribution >= 4 is 21.4 Å². The first kappa shape index (κ1) is 13.2. The van der Waals surface area contributed by atoms with Crippen LogP contribution in [0.3, 0.4) is 0 Å². The van der Waals surface area contributed by atoms with Crippen LogP contribution in [0.4, 0.5) is 8.78 Å². The molecule has 1 heterocycles. The van der Waals surface area contributed by atoms with Crippen molar-refractivity contribution in [2.24, 2.45) is 0 Å². The van der Waals surface area contributed by atoms with Crippen molar-refractivity contribution in [1.29, 1.82) is 0 Å². The van der Waals surface area contributed by atoms with Crippen molar-refractivity contribution in [3.63, 3.8) is 0 Å². The highest BCUT2D eigenvalue weighted by Gasteiger charge is 2.19. The fraction of sp³-hybridized carbons (Fsp3) is 0.125. The van der Waals surface area contributed by atoms with Gasteiger partial charge in [0.25, 0.3) is 0 Å². The van der Waals surface area contributed by atoms with Crippen LogP contribution in [-0.2, 0) is 6.42 Å². The molecule has 0 aliphatic heterocycles.